The van der Waals surface area contributed by atoms with Gasteiger partial charge in [0.25, 0.3) is 9.70 Å². The molecule has 1 atom stereocenters. The fourth-order valence-electron chi connectivity index (χ4n) is 3.77. The molecule has 0 aliphatic carbocycles. The minimum Gasteiger partial charge on any atom is -0.442 e. The zero-order chi connectivity index (χ0) is 23.0. The number of carbonyl (C=O) groups is 2. The third kappa shape index (κ3) is 4.87. The standard InChI is InChI=1S/C19H20Cl3FN6O3/c1-12-9-28(25-24-12)10-14-11-29(18(31)32-14)13-2-3-16(15(23)8-13)26-4-6-27(7-5-26)17(30)19(20,21)22/h2-3,8-9,14H,4-7,10-11H2,1H3/t14-/m0/s1. The van der Waals surface area contributed by atoms with Crippen molar-refractivity contribution in [3.05, 3.63) is 35.9 Å². The summed E-state index contributed by atoms with van der Waals surface area (Å²) in [6, 6.07) is 4.58. The van der Waals surface area contributed by atoms with E-state index in [4.69, 9.17) is 39.5 Å². The molecule has 2 aromatic rings. The van der Waals surface area contributed by atoms with E-state index in [-0.39, 0.29) is 6.54 Å². The van der Waals surface area contributed by atoms with Crippen LogP contribution in [0.3, 0.4) is 0 Å². The molecular formula is C19H20Cl3FN6O3. The number of piperazine rings is 1. The van der Waals surface area contributed by atoms with Crippen LogP contribution in [-0.4, -0.2) is 74.5 Å². The van der Waals surface area contributed by atoms with E-state index in [2.05, 4.69) is 10.3 Å². The average molecular weight is 506 g/mol. The van der Waals surface area contributed by atoms with Gasteiger partial charge in [-0.05, 0) is 25.1 Å². The molecule has 13 heteroatoms. The second-order valence-electron chi connectivity index (χ2n) is 7.61. The van der Waals surface area contributed by atoms with E-state index in [1.165, 1.54) is 15.9 Å². The molecule has 0 spiro atoms. The summed E-state index contributed by atoms with van der Waals surface area (Å²) in [6.07, 6.45) is 0.791. The van der Waals surface area contributed by atoms with Crippen LogP contribution in [0, 0.1) is 12.7 Å². The molecule has 3 heterocycles. The zero-order valence-corrected chi connectivity index (χ0v) is 19.3. The minimum atomic E-state index is -2.01. The Balaban J connectivity index is 1.39. The highest BCUT2D eigenvalue weighted by Crippen LogP contribution is 2.31. The van der Waals surface area contributed by atoms with Crippen molar-refractivity contribution in [3.63, 3.8) is 0 Å². The maximum Gasteiger partial charge on any atom is 0.414 e. The first-order valence-electron chi connectivity index (χ1n) is 9.87. The fourth-order valence-corrected chi connectivity index (χ4v) is 4.13. The van der Waals surface area contributed by atoms with Crippen LogP contribution in [0.2, 0.25) is 0 Å². The molecule has 2 aliphatic heterocycles. The number of nitrogens with zero attached hydrogens (tertiary/aromatic N) is 6. The molecule has 2 fully saturated rings. The van der Waals surface area contributed by atoms with Gasteiger partial charge in [-0.1, -0.05) is 40.0 Å². The summed E-state index contributed by atoms with van der Waals surface area (Å²) in [4.78, 5) is 29.0. The Labute approximate surface area is 198 Å². The molecule has 32 heavy (non-hydrogen) atoms. The Morgan fingerprint density at radius 3 is 2.56 bits per heavy atom. The van der Waals surface area contributed by atoms with Crippen LogP contribution in [0.15, 0.2) is 24.4 Å². The Morgan fingerprint density at radius 1 is 1.25 bits per heavy atom. The van der Waals surface area contributed by atoms with E-state index >= 15 is 0 Å². The van der Waals surface area contributed by atoms with Crippen LogP contribution < -0.4 is 9.80 Å². The molecule has 0 bridgehead atoms. The lowest BCUT2D eigenvalue weighted by atomic mass is 10.2. The number of anilines is 2. The fraction of sp³-hybridized carbons (Fsp3) is 0.474. The summed E-state index contributed by atoms with van der Waals surface area (Å²) >= 11 is 17.0. The minimum absolute atomic E-state index is 0.272. The van der Waals surface area contributed by atoms with Crippen LogP contribution in [-0.2, 0) is 16.1 Å². The second kappa shape index (κ2) is 8.92. The number of halogens is 4. The maximum absolute atomic E-state index is 14.9. The van der Waals surface area contributed by atoms with E-state index in [0.717, 1.165) is 5.69 Å². The third-order valence-corrected chi connectivity index (χ3v) is 5.80. The molecule has 2 saturated heterocycles. The van der Waals surface area contributed by atoms with Crippen molar-refractivity contribution in [3.8, 4) is 0 Å². The quantitative estimate of drug-likeness (QED) is 0.594. The largest absolute Gasteiger partial charge is 0.442 e. The lowest BCUT2D eigenvalue weighted by Crippen LogP contribution is -2.52. The number of alkyl halides is 3. The number of hydrogen-bond acceptors (Lipinski definition) is 6. The van der Waals surface area contributed by atoms with Crippen molar-refractivity contribution in [2.24, 2.45) is 0 Å². The normalized spacial score (nSPS) is 19.5. The average Bonchev–Trinajstić information content (AvgIpc) is 3.31. The number of aryl methyl sites for hydroxylation is 1. The Morgan fingerprint density at radius 2 is 1.97 bits per heavy atom. The van der Waals surface area contributed by atoms with Crippen molar-refractivity contribution in [1.29, 1.82) is 0 Å². The predicted octanol–water partition coefficient (Wildman–Crippen LogP) is 2.77. The third-order valence-electron chi connectivity index (χ3n) is 5.31. The summed E-state index contributed by atoms with van der Waals surface area (Å²) in [5, 5.41) is 7.86. The van der Waals surface area contributed by atoms with Gasteiger partial charge in [0.1, 0.15) is 11.9 Å². The number of benzene rings is 1. The first-order chi connectivity index (χ1) is 15.1. The van der Waals surface area contributed by atoms with E-state index in [1.807, 2.05) is 6.92 Å². The Kier molecular flexibility index (Phi) is 6.37. The van der Waals surface area contributed by atoms with Crippen LogP contribution in [0.4, 0.5) is 20.6 Å². The molecule has 0 radical (unpaired) electrons. The van der Waals surface area contributed by atoms with Crippen molar-refractivity contribution in [2.75, 3.05) is 42.5 Å². The van der Waals surface area contributed by atoms with Gasteiger partial charge in [0.2, 0.25) is 0 Å². The highest BCUT2D eigenvalue weighted by Gasteiger charge is 2.37. The smallest absolute Gasteiger partial charge is 0.414 e. The summed E-state index contributed by atoms with van der Waals surface area (Å²) < 4.78 is 19.9. The molecule has 0 N–H and O–H groups in total. The first-order valence-corrected chi connectivity index (χ1v) is 11.0. The highest BCUT2D eigenvalue weighted by molar-refractivity contribution is 6.76. The van der Waals surface area contributed by atoms with E-state index < -0.39 is 27.7 Å². The monoisotopic (exact) mass is 504 g/mol. The molecule has 2 aliphatic rings. The number of cyclic esters (lactones) is 1. The molecular weight excluding hydrogens is 486 g/mol. The summed E-state index contributed by atoms with van der Waals surface area (Å²) in [6.45, 7) is 3.82. The second-order valence-corrected chi connectivity index (χ2v) is 9.89. The SMILES string of the molecule is Cc1cn(C[C@H]2CN(c3ccc(N4CCN(C(=O)C(Cl)(Cl)Cl)CC4)c(F)c3)C(=O)O2)nn1. The van der Waals surface area contributed by atoms with Gasteiger partial charge in [-0.15, -0.1) is 5.10 Å². The van der Waals surface area contributed by atoms with Crippen LogP contribution in [0.5, 0.6) is 0 Å². The van der Waals surface area contributed by atoms with Gasteiger partial charge >= 0.3 is 6.09 Å². The van der Waals surface area contributed by atoms with Gasteiger partial charge in [-0.2, -0.15) is 0 Å². The summed E-state index contributed by atoms with van der Waals surface area (Å²) in [5.41, 5.74) is 1.54. The molecule has 4 rings (SSSR count). The Hall–Kier alpha value is -2.30. The topological polar surface area (TPSA) is 83.8 Å². The Bertz CT molecular complexity index is 1020. The van der Waals surface area contributed by atoms with Crippen LogP contribution in [0.1, 0.15) is 5.69 Å². The molecule has 9 nitrogen and oxygen atoms in total. The van der Waals surface area contributed by atoms with E-state index in [9.17, 15) is 14.0 Å². The lowest BCUT2D eigenvalue weighted by molar-refractivity contribution is -0.130. The molecule has 1 aromatic heterocycles. The van der Waals surface area contributed by atoms with E-state index in [0.29, 0.717) is 44.1 Å². The van der Waals surface area contributed by atoms with Crippen LogP contribution in [0.25, 0.3) is 0 Å². The van der Waals surface area contributed by atoms with Crippen molar-refractivity contribution in [2.45, 2.75) is 23.4 Å². The predicted molar refractivity (Wildman–Crippen MR) is 118 cm³/mol. The summed E-state index contributed by atoms with van der Waals surface area (Å²) in [7, 11) is 0. The van der Waals surface area contributed by atoms with E-state index in [1.54, 1.807) is 27.9 Å². The van der Waals surface area contributed by atoms with Crippen molar-refractivity contribution >= 4 is 58.2 Å². The number of hydrogen-bond donors (Lipinski definition) is 0. The van der Waals surface area contributed by atoms with Gasteiger partial charge in [-0.3, -0.25) is 9.69 Å². The van der Waals surface area contributed by atoms with Crippen LogP contribution >= 0.6 is 34.8 Å². The van der Waals surface area contributed by atoms with Crippen molar-refractivity contribution in [1.82, 2.24) is 19.9 Å². The first kappa shape index (κ1) is 22.9. The highest BCUT2D eigenvalue weighted by atomic mass is 35.6. The number of ether oxygens (including phenoxy) is 1. The van der Waals surface area contributed by atoms with Gasteiger partial charge in [0.05, 0.1) is 30.2 Å². The van der Waals surface area contributed by atoms with Gasteiger partial charge in [0, 0.05) is 32.4 Å². The lowest BCUT2D eigenvalue weighted by Gasteiger charge is -2.37. The zero-order valence-electron chi connectivity index (χ0n) is 17.0. The molecule has 0 saturated carbocycles. The number of aromatic nitrogens is 3. The molecule has 2 amide bonds. The molecule has 0 unspecified atom stereocenters. The number of rotatable bonds is 4. The molecule has 1 aromatic carbocycles. The maximum atomic E-state index is 14.9. The van der Waals surface area contributed by atoms with Gasteiger partial charge in [-0.25, -0.2) is 13.9 Å². The van der Waals surface area contributed by atoms with Gasteiger partial charge in [0.15, 0.2) is 0 Å². The number of carbonyl (C=O) groups excluding carboxylic acids is 2. The summed E-state index contributed by atoms with van der Waals surface area (Å²) in [5.74, 6) is -1.08. The van der Waals surface area contributed by atoms with Gasteiger partial charge < -0.3 is 14.5 Å². The molecule has 172 valence electrons. The number of amides is 2. The van der Waals surface area contributed by atoms with Crippen molar-refractivity contribution < 1.29 is 18.7 Å².